The summed E-state index contributed by atoms with van der Waals surface area (Å²) in [6.07, 6.45) is 5.18. The second kappa shape index (κ2) is 3.25. The van der Waals surface area contributed by atoms with Crippen LogP contribution in [0.25, 0.3) is 11.0 Å². The normalized spacial score (nSPS) is 10.6. The molecule has 0 saturated heterocycles. The van der Waals surface area contributed by atoms with Crippen molar-refractivity contribution < 1.29 is 4.39 Å². The third kappa shape index (κ3) is 1.30. The molecule has 0 atom stereocenters. The van der Waals surface area contributed by atoms with Crippen molar-refractivity contribution in [2.24, 2.45) is 7.05 Å². The van der Waals surface area contributed by atoms with Gasteiger partial charge in [-0.1, -0.05) is 17.5 Å². The maximum atomic E-state index is 13.8. The highest BCUT2D eigenvalue weighted by molar-refractivity contribution is 6.32. The molecule has 0 radical (unpaired) electrons. The van der Waals surface area contributed by atoms with E-state index >= 15 is 0 Å². The smallest absolute Gasteiger partial charge is 0.168 e. The van der Waals surface area contributed by atoms with Crippen LogP contribution in [-0.2, 0) is 7.05 Å². The van der Waals surface area contributed by atoms with Crippen molar-refractivity contribution in [2.45, 2.75) is 6.92 Å². The van der Waals surface area contributed by atoms with Gasteiger partial charge in [-0.15, -0.1) is 6.42 Å². The van der Waals surface area contributed by atoms with Gasteiger partial charge in [0.15, 0.2) is 5.82 Å². The summed E-state index contributed by atoms with van der Waals surface area (Å²) in [5.74, 6) is 2.42. The lowest BCUT2D eigenvalue weighted by Crippen LogP contribution is -1.92. The maximum Gasteiger partial charge on any atom is 0.168 e. The Kier molecular flexibility index (Phi) is 2.17. The molecule has 0 bridgehead atoms. The number of benzene rings is 1. The Bertz CT molecular complexity index is 593. The number of hydrogen-bond acceptors (Lipinski definition) is 1. The van der Waals surface area contributed by atoms with Crippen LogP contribution < -0.4 is 0 Å². The fourth-order valence-electron chi connectivity index (χ4n) is 1.50. The molecule has 1 aromatic carbocycles. The van der Waals surface area contributed by atoms with E-state index in [1.165, 1.54) is 0 Å². The first-order chi connectivity index (χ1) is 7.06. The summed E-state index contributed by atoms with van der Waals surface area (Å²) in [5.41, 5.74) is 0.989. The van der Waals surface area contributed by atoms with Crippen LogP contribution in [-0.4, -0.2) is 9.55 Å². The van der Waals surface area contributed by atoms with Crippen LogP contribution in [0.15, 0.2) is 6.07 Å². The van der Waals surface area contributed by atoms with E-state index in [9.17, 15) is 4.39 Å². The molecule has 0 fully saturated rings. The molecule has 1 aromatic heterocycles. The number of rotatable bonds is 0. The van der Waals surface area contributed by atoms with E-state index in [0.717, 1.165) is 0 Å². The molecule has 15 heavy (non-hydrogen) atoms. The number of halogens is 2. The first-order valence-corrected chi connectivity index (χ1v) is 4.71. The van der Waals surface area contributed by atoms with Gasteiger partial charge in [-0.25, -0.2) is 9.37 Å². The molecule has 2 aromatic rings. The molecular formula is C11H8ClFN2. The van der Waals surface area contributed by atoms with Gasteiger partial charge in [0.2, 0.25) is 0 Å². The van der Waals surface area contributed by atoms with E-state index in [2.05, 4.69) is 10.9 Å². The minimum atomic E-state index is -0.524. The van der Waals surface area contributed by atoms with Gasteiger partial charge in [0.05, 0.1) is 16.1 Å². The molecule has 2 rings (SSSR count). The monoisotopic (exact) mass is 222 g/mol. The van der Waals surface area contributed by atoms with Crippen LogP contribution in [0.1, 0.15) is 11.4 Å². The minimum absolute atomic E-state index is 0.0715. The van der Waals surface area contributed by atoms with Gasteiger partial charge >= 0.3 is 0 Å². The molecule has 0 N–H and O–H groups in total. The topological polar surface area (TPSA) is 17.8 Å². The average Bonchev–Trinajstić information content (AvgIpc) is 2.46. The van der Waals surface area contributed by atoms with Gasteiger partial charge in [0, 0.05) is 7.05 Å². The second-order valence-corrected chi connectivity index (χ2v) is 3.68. The van der Waals surface area contributed by atoms with Gasteiger partial charge in [-0.3, -0.25) is 0 Å². The van der Waals surface area contributed by atoms with Crippen LogP contribution in [0.5, 0.6) is 0 Å². The average molecular weight is 223 g/mol. The van der Waals surface area contributed by atoms with Crippen molar-refractivity contribution in [1.82, 2.24) is 9.55 Å². The number of nitrogens with zero attached hydrogens (tertiary/aromatic N) is 2. The summed E-state index contributed by atoms with van der Waals surface area (Å²) in [7, 11) is 1.80. The minimum Gasteiger partial charge on any atom is -0.331 e. The Balaban J connectivity index is 2.99. The molecule has 0 aliphatic heterocycles. The van der Waals surface area contributed by atoms with E-state index in [1.807, 2.05) is 0 Å². The maximum absolute atomic E-state index is 13.8. The molecular weight excluding hydrogens is 215 g/mol. The molecule has 0 aliphatic carbocycles. The van der Waals surface area contributed by atoms with Crippen molar-refractivity contribution >= 4 is 22.6 Å². The standard InChI is InChI=1S/C11H8ClFN2/c1-4-7-8(12)5-9-11(10(7)13)14-6(2)15(9)3/h1,5H,2-3H3. The van der Waals surface area contributed by atoms with E-state index in [0.29, 0.717) is 11.3 Å². The lowest BCUT2D eigenvalue weighted by atomic mass is 10.2. The first-order valence-electron chi connectivity index (χ1n) is 4.34. The molecule has 76 valence electrons. The van der Waals surface area contributed by atoms with E-state index in [1.54, 1.807) is 24.6 Å². The molecule has 2 nitrogen and oxygen atoms in total. The van der Waals surface area contributed by atoms with E-state index < -0.39 is 5.82 Å². The number of aromatic nitrogens is 2. The Morgan fingerprint density at radius 3 is 2.87 bits per heavy atom. The van der Waals surface area contributed by atoms with Gasteiger partial charge in [0.25, 0.3) is 0 Å². The summed E-state index contributed by atoms with van der Waals surface area (Å²) < 4.78 is 15.6. The Morgan fingerprint density at radius 1 is 1.60 bits per heavy atom. The zero-order valence-electron chi connectivity index (χ0n) is 8.31. The van der Waals surface area contributed by atoms with Crippen LogP contribution in [0.3, 0.4) is 0 Å². The van der Waals surface area contributed by atoms with Crippen molar-refractivity contribution in [3.8, 4) is 12.3 Å². The predicted molar refractivity (Wildman–Crippen MR) is 58.4 cm³/mol. The van der Waals surface area contributed by atoms with Gasteiger partial charge in [-0.05, 0) is 13.0 Å². The highest BCUT2D eigenvalue weighted by atomic mass is 35.5. The summed E-state index contributed by atoms with van der Waals surface area (Å²) in [4.78, 5) is 4.10. The van der Waals surface area contributed by atoms with Crippen LogP contribution in [0.4, 0.5) is 4.39 Å². The lowest BCUT2D eigenvalue weighted by Gasteiger charge is -2.01. The fraction of sp³-hybridized carbons (Fsp3) is 0.182. The van der Waals surface area contributed by atoms with Crippen LogP contribution in [0.2, 0.25) is 5.02 Å². The summed E-state index contributed by atoms with van der Waals surface area (Å²) in [5, 5.41) is 0.241. The van der Waals surface area contributed by atoms with Gasteiger partial charge in [0.1, 0.15) is 11.3 Å². The van der Waals surface area contributed by atoms with E-state index in [4.69, 9.17) is 18.0 Å². The quantitative estimate of drug-likeness (QED) is 0.627. The molecule has 0 amide bonds. The van der Waals surface area contributed by atoms with Crippen molar-refractivity contribution in [2.75, 3.05) is 0 Å². The highest BCUT2D eigenvalue weighted by Crippen LogP contribution is 2.27. The van der Waals surface area contributed by atoms with Gasteiger partial charge in [-0.2, -0.15) is 0 Å². The van der Waals surface area contributed by atoms with Crippen molar-refractivity contribution in [3.63, 3.8) is 0 Å². The van der Waals surface area contributed by atoms with E-state index in [-0.39, 0.29) is 16.1 Å². The molecule has 1 heterocycles. The van der Waals surface area contributed by atoms with Crippen molar-refractivity contribution in [1.29, 1.82) is 0 Å². The largest absolute Gasteiger partial charge is 0.331 e. The Labute approximate surface area is 91.7 Å². The first kappa shape index (κ1) is 10.0. The third-order valence-electron chi connectivity index (χ3n) is 2.44. The molecule has 0 aliphatic rings. The molecule has 0 spiro atoms. The Morgan fingerprint density at radius 2 is 2.27 bits per heavy atom. The third-order valence-corrected chi connectivity index (χ3v) is 2.74. The van der Waals surface area contributed by atoms with Gasteiger partial charge < -0.3 is 4.57 Å². The zero-order valence-corrected chi connectivity index (χ0v) is 9.06. The summed E-state index contributed by atoms with van der Waals surface area (Å²) >= 11 is 5.87. The number of hydrogen-bond donors (Lipinski definition) is 0. The summed E-state index contributed by atoms with van der Waals surface area (Å²) in [6, 6.07) is 1.63. The Hall–Kier alpha value is -1.53. The lowest BCUT2D eigenvalue weighted by molar-refractivity contribution is 0.634. The fourth-order valence-corrected chi connectivity index (χ4v) is 1.74. The van der Waals surface area contributed by atoms with Crippen LogP contribution in [0, 0.1) is 25.1 Å². The van der Waals surface area contributed by atoms with Crippen molar-refractivity contribution in [3.05, 3.63) is 28.3 Å². The SMILES string of the molecule is C#Cc1c(Cl)cc2c(nc(C)n2C)c1F. The molecule has 4 heteroatoms. The number of imidazole rings is 1. The highest BCUT2D eigenvalue weighted by Gasteiger charge is 2.15. The summed E-state index contributed by atoms with van der Waals surface area (Å²) in [6.45, 7) is 1.79. The second-order valence-electron chi connectivity index (χ2n) is 3.28. The number of fused-ring (bicyclic) bond motifs is 1. The zero-order chi connectivity index (χ0) is 11.2. The predicted octanol–water partition coefficient (Wildman–Crippen LogP) is 2.66. The number of aryl methyl sites for hydroxylation is 2. The molecule has 0 unspecified atom stereocenters. The van der Waals surface area contributed by atoms with Crippen LogP contribution >= 0.6 is 11.6 Å². The number of terminal acetylenes is 1. The molecule has 0 saturated carbocycles.